The summed E-state index contributed by atoms with van der Waals surface area (Å²) in [4.78, 5) is 11.8. The zero-order valence-electron chi connectivity index (χ0n) is 10.7. The number of carbonyl (C=O) groups excluding carboxylic acids is 1. The minimum atomic E-state index is 0.133. The van der Waals surface area contributed by atoms with E-state index in [1.54, 1.807) is 0 Å². The standard InChI is InChI=1S/C15H19NO2/c1-11(2)10-18-14-7-3-12(4-8-14)15(17)9-16-13-5-6-13/h3-4,7-8,13,16H,1,5-6,9-10H2,2H3. The molecule has 1 aromatic carbocycles. The number of hydrogen-bond acceptors (Lipinski definition) is 3. The third-order valence-corrected chi connectivity index (χ3v) is 2.79. The van der Waals surface area contributed by atoms with Gasteiger partial charge in [0.1, 0.15) is 12.4 Å². The molecule has 1 N–H and O–H groups in total. The molecule has 96 valence electrons. The second-order valence-electron chi connectivity index (χ2n) is 4.85. The Balaban J connectivity index is 1.85. The summed E-state index contributed by atoms with van der Waals surface area (Å²) < 4.78 is 5.48. The fourth-order valence-electron chi connectivity index (χ4n) is 1.57. The van der Waals surface area contributed by atoms with Crippen molar-refractivity contribution in [2.45, 2.75) is 25.8 Å². The average molecular weight is 245 g/mol. The maximum absolute atomic E-state index is 11.8. The van der Waals surface area contributed by atoms with Crippen molar-refractivity contribution in [3.8, 4) is 5.75 Å². The Morgan fingerprint density at radius 1 is 1.39 bits per heavy atom. The molecule has 0 aromatic heterocycles. The van der Waals surface area contributed by atoms with Crippen LogP contribution in [0.25, 0.3) is 0 Å². The summed E-state index contributed by atoms with van der Waals surface area (Å²) in [5, 5.41) is 3.22. The van der Waals surface area contributed by atoms with E-state index in [1.165, 1.54) is 12.8 Å². The van der Waals surface area contributed by atoms with Crippen LogP contribution in [0.5, 0.6) is 5.75 Å². The second kappa shape index (κ2) is 5.83. The Morgan fingerprint density at radius 3 is 2.61 bits per heavy atom. The van der Waals surface area contributed by atoms with Crippen molar-refractivity contribution >= 4 is 5.78 Å². The van der Waals surface area contributed by atoms with Gasteiger partial charge >= 0.3 is 0 Å². The normalized spacial score (nSPS) is 14.3. The van der Waals surface area contributed by atoms with Crippen LogP contribution in [0.2, 0.25) is 0 Å². The number of hydrogen-bond donors (Lipinski definition) is 1. The van der Waals surface area contributed by atoms with E-state index in [0.29, 0.717) is 19.2 Å². The maximum atomic E-state index is 11.8. The molecule has 3 nitrogen and oxygen atoms in total. The fourth-order valence-corrected chi connectivity index (χ4v) is 1.57. The van der Waals surface area contributed by atoms with Gasteiger partial charge in [0, 0.05) is 11.6 Å². The smallest absolute Gasteiger partial charge is 0.176 e. The number of Topliss-reactive ketones (excluding diaryl/α,β-unsaturated/α-hetero) is 1. The van der Waals surface area contributed by atoms with Crippen molar-refractivity contribution in [2.24, 2.45) is 0 Å². The number of ether oxygens (including phenoxy) is 1. The van der Waals surface area contributed by atoms with Crippen LogP contribution in [0.15, 0.2) is 36.4 Å². The first kappa shape index (κ1) is 12.8. The zero-order chi connectivity index (χ0) is 13.0. The molecule has 1 aliphatic rings. The second-order valence-corrected chi connectivity index (χ2v) is 4.85. The van der Waals surface area contributed by atoms with Gasteiger partial charge in [0.2, 0.25) is 0 Å². The van der Waals surface area contributed by atoms with E-state index in [2.05, 4.69) is 11.9 Å². The SMILES string of the molecule is C=C(C)COc1ccc(C(=O)CNC2CC2)cc1. The van der Waals surface area contributed by atoms with Gasteiger partial charge in [-0.25, -0.2) is 0 Å². The molecule has 1 fully saturated rings. The molecule has 18 heavy (non-hydrogen) atoms. The molecule has 1 aliphatic carbocycles. The van der Waals surface area contributed by atoms with Crippen LogP contribution in [0.4, 0.5) is 0 Å². The van der Waals surface area contributed by atoms with E-state index in [0.717, 1.165) is 16.9 Å². The Morgan fingerprint density at radius 2 is 2.06 bits per heavy atom. The first-order valence-electron chi connectivity index (χ1n) is 6.29. The highest BCUT2D eigenvalue weighted by Crippen LogP contribution is 2.18. The van der Waals surface area contributed by atoms with E-state index < -0.39 is 0 Å². The molecule has 0 saturated heterocycles. The lowest BCUT2D eigenvalue weighted by Crippen LogP contribution is -2.24. The van der Waals surface area contributed by atoms with Crippen LogP contribution in [0.1, 0.15) is 30.1 Å². The largest absolute Gasteiger partial charge is 0.489 e. The first-order valence-corrected chi connectivity index (χ1v) is 6.29. The van der Waals surface area contributed by atoms with Gasteiger partial charge in [0.25, 0.3) is 0 Å². The van der Waals surface area contributed by atoms with Crippen molar-refractivity contribution in [1.29, 1.82) is 0 Å². The molecular weight excluding hydrogens is 226 g/mol. The Bertz CT molecular complexity index is 432. The van der Waals surface area contributed by atoms with E-state index in [-0.39, 0.29) is 5.78 Å². The zero-order valence-corrected chi connectivity index (χ0v) is 10.7. The number of rotatable bonds is 7. The summed E-state index contributed by atoms with van der Waals surface area (Å²) in [7, 11) is 0. The van der Waals surface area contributed by atoms with Crippen molar-refractivity contribution in [2.75, 3.05) is 13.2 Å². The quantitative estimate of drug-likeness (QED) is 0.592. The summed E-state index contributed by atoms with van der Waals surface area (Å²) in [6.07, 6.45) is 2.39. The van der Waals surface area contributed by atoms with Gasteiger partial charge in [-0.3, -0.25) is 4.79 Å². The third-order valence-electron chi connectivity index (χ3n) is 2.79. The highest BCUT2D eigenvalue weighted by molar-refractivity contribution is 5.97. The van der Waals surface area contributed by atoms with Gasteiger partial charge in [0.05, 0.1) is 6.54 Å². The molecule has 0 atom stereocenters. The molecule has 1 aromatic rings. The van der Waals surface area contributed by atoms with Gasteiger partial charge < -0.3 is 10.1 Å². The van der Waals surface area contributed by atoms with Crippen LogP contribution in [0.3, 0.4) is 0 Å². The van der Waals surface area contributed by atoms with E-state index in [1.807, 2.05) is 31.2 Å². The average Bonchev–Trinajstić information content (AvgIpc) is 3.18. The van der Waals surface area contributed by atoms with Gasteiger partial charge in [-0.1, -0.05) is 6.58 Å². The Labute approximate surface area is 108 Å². The summed E-state index contributed by atoms with van der Waals surface area (Å²) >= 11 is 0. The molecule has 0 spiro atoms. The van der Waals surface area contributed by atoms with Gasteiger partial charge in [0.15, 0.2) is 5.78 Å². The van der Waals surface area contributed by atoms with Crippen LogP contribution in [-0.2, 0) is 0 Å². The summed E-state index contributed by atoms with van der Waals surface area (Å²) in [5.74, 6) is 0.901. The predicted molar refractivity (Wildman–Crippen MR) is 72.1 cm³/mol. The Hall–Kier alpha value is -1.61. The molecule has 0 unspecified atom stereocenters. The number of benzene rings is 1. The molecule has 1 saturated carbocycles. The van der Waals surface area contributed by atoms with E-state index in [4.69, 9.17) is 4.74 Å². The molecule has 0 aliphatic heterocycles. The summed E-state index contributed by atoms with van der Waals surface area (Å²) in [6.45, 7) is 6.63. The molecule has 0 amide bonds. The van der Waals surface area contributed by atoms with Crippen LogP contribution in [-0.4, -0.2) is 25.0 Å². The molecule has 0 bridgehead atoms. The third kappa shape index (κ3) is 4.00. The lowest BCUT2D eigenvalue weighted by molar-refractivity contribution is 0.0990. The summed E-state index contributed by atoms with van der Waals surface area (Å²) in [6, 6.07) is 7.84. The van der Waals surface area contributed by atoms with E-state index in [9.17, 15) is 4.79 Å². The molecular formula is C15H19NO2. The van der Waals surface area contributed by atoms with E-state index >= 15 is 0 Å². The molecule has 3 heteroatoms. The molecule has 0 radical (unpaired) electrons. The van der Waals surface area contributed by atoms with Crippen LogP contribution < -0.4 is 10.1 Å². The topological polar surface area (TPSA) is 38.3 Å². The predicted octanol–water partition coefficient (Wildman–Crippen LogP) is 2.58. The number of ketones is 1. The summed E-state index contributed by atoms with van der Waals surface area (Å²) in [5.41, 5.74) is 1.70. The molecule has 2 rings (SSSR count). The highest BCUT2D eigenvalue weighted by atomic mass is 16.5. The monoisotopic (exact) mass is 245 g/mol. The first-order chi connectivity index (χ1) is 8.65. The minimum absolute atomic E-state index is 0.133. The van der Waals surface area contributed by atoms with Crippen molar-refractivity contribution < 1.29 is 9.53 Å². The highest BCUT2D eigenvalue weighted by Gasteiger charge is 2.21. The van der Waals surface area contributed by atoms with Gasteiger partial charge in [-0.05, 0) is 49.6 Å². The Kier molecular flexibility index (Phi) is 4.15. The van der Waals surface area contributed by atoms with Gasteiger partial charge in [-0.15, -0.1) is 0 Å². The van der Waals surface area contributed by atoms with Crippen molar-refractivity contribution in [1.82, 2.24) is 5.32 Å². The lowest BCUT2D eigenvalue weighted by atomic mass is 10.1. The van der Waals surface area contributed by atoms with Crippen LogP contribution >= 0.6 is 0 Å². The van der Waals surface area contributed by atoms with Crippen molar-refractivity contribution in [3.63, 3.8) is 0 Å². The van der Waals surface area contributed by atoms with Crippen molar-refractivity contribution in [3.05, 3.63) is 42.0 Å². The number of carbonyl (C=O) groups is 1. The van der Waals surface area contributed by atoms with Gasteiger partial charge in [-0.2, -0.15) is 0 Å². The maximum Gasteiger partial charge on any atom is 0.176 e. The fraction of sp³-hybridized carbons (Fsp3) is 0.400. The van der Waals surface area contributed by atoms with Crippen LogP contribution in [0, 0.1) is 0 Å². The lowest BCUT2D eigenvalue weighted by Gasteiger charge is -2.07. The molecule has 0 heterocycles. The number of nitrogens with one attached hydrogen (secondary N) is 1. The minimum Gasteiger partial charge on any atom is -0.489 e.